The number of thiophene rings is 1. The fraction of sp³-hybridized carbons (Fsp3) is 0.632. The zero-order chi connectivity index (χ0) is 19.0. The molecule has 2 saturated heterocycles. The molecule has 1 amide bonds. The fourth-order valence-corrected chi connectivity index (χ4v) is 5.45. The Morgan fingerprint density at radius 2 is 1.78 bits per heavy atom. The van der Waals surface area contributed by atoms with Gasteiger partial charge >= 0.3 is 0 Å². The van der Waals surface area contributed by atoms with Crippen LogP contribution in [-0.4, -0.2) is 82.5 Å². The van der Waals surface area contributed by atoms with Crippen LogP contribution in [0.15, 0.2) is 5.38 Å². The first-order chi connectivity index (χ1) is 13.0. The number of carbonyl (C=O) groups is 1. The van der Waals surface area contributed by atoms with Gasteiger partial charge in [-0.2, -0.15) is 11.8 Å². The van der Waals surface area contributed by atoms with Crippen LogP contribution >= 0.6 is 23.1 Å². The van der Waals surface area contributed by atoms with Crippen LogP contribution in [0.5, 0.6) is 0 Å². The Balaban J connectivity index is 1.63. The molecule has 4 rings (SSSR count). The van der Waals surface area contributed by atoms with Gasteiger partial charge in [-0.3, -0.25) is 9.69 Å². The number of anilines is 1. The average molecular weight is 406 g/mol. The predicted octanol–water partition coefficient (Wildman–Crippen LogP) is 2.72. The van der Waals surface area contributed by atoms with E-state index in [9.17, 15) is 4.79 Å². The number of hydrogen-bond acceptors (Lipinski definition) is 7. The van der Waals surface area contributed by atoms with Crippen LogP contribution in [0.1, 0.15) is 29.3 Å². The third kappa shape index (κ3) is 3.79. The molecule has 0 spiro atoms. The number of nitrogens with zero attached hydrogens (tertiary/aromatic N) is 5. The van der Waals surface area contributed by atoms with Crippen molar-refractivity contribution >= 4 is 45.7 Å². The number of rotatable bonds is 3. The van der Waals surface area contributed by atoms with E-state index in [0.717, 1.165) is 67.5 Å². The number of piperazine rings is 1. The van der Waals surface area contributed by atoms with Gasteiger partial charge in [-0.1, -0.05) is 0 Å². The first-order valence-electron chi connectivity index (χ1n) is 9.66. The molecule has 2 aliphatic rings. The second-order valence-corrected chi connectivity index (χ2v) is 9.75. The van der Waals surface area contributed by atoms with Crippen molar-refractivity contribution in [3.8, 4) is 0 Å². The molecule has 6 nitrogen and oxygen atoms in total. The summed E-state index contributed by atoms with van der Waals surface area (Å²) < 4.78 is 0. The van der Waals surface area contributed by atoms with Gasteiger partial charge in [0.25, 0.3) is 5.91 Å². The van der Waals surface area contributed by atoms with Crippen LogP contribution in [0.4, 0.5) is 5.82 Å². The minimum absolute atomic E-state index is 0.0307. The van der Waals surface area contributed by atoms with E-state index >= 15 is 0 Å². The lowest BCUT2D eigenvalue weighted by atomic mass is 10.2. The number of fused-ring (bicyclic) bond motifs is 1. The summed E-state index contributed by atoms with van der Waals surface area (Å²) in [4.78, 5) is 30.4. The first kappa shape index (κ1) is 19.0. The van der Waals surface area contributed by atoms with Crippen molar-refractivity contribution < 1.29 is 4.79 Å². The normalized spacial score (nSPS) is 19.3. The zero-order valence-corrected chi connectivity index (χ0v) is 17.9. The molecule has 0 unspecified atom stereocenters. The third-order valence-corrected chi connectivity index (χ3v) is 7.29. The molecule has 2 aromatic heterocycles. The molecule has 8 heteroatoms. The number of carbonyl (C=O) groups excluding carboxylic acids is 1. The van der Waals surface area contributed by atoms with Crippen molar-refractivity contribution in [2.24, 2.45) is 0 Å². The molecule has 0 aliphatic carbocycles. The van der Waals surface area contributed by atoms with Gasteiger partial charge in [-0.15, -0.1) is 11.3 Å². The lowest BCUT2D eigenvalue weighted by molar-refractivity contribution is 0.0584. The molecule has 0 atom stereocenters. The maximum atomic E-state index is 13.1. The summed E-state index contributed by atoms with van der Waals surface area (Å²) in [6.45, 7) is 11.8. The lowest BCUT2D eigenvalue weighted by Gasteiger charge is -2.36. The van der Waals surface area contributed by atoms with Gasteiger partial charge < -0.3 is 9.80 Å². The molecular formula is C19H27N5OS2. The number of thioether (sulfide) groups is 1. The summed E-state index contributed by atoms with van der Waals surface area (Å²) >= 11 is 3.67. The van der Waals surface area contributed by atoms with Gasteiger partial charge in [0.2, 0.25) is 5.82 Å². The third-order valence-electron chi connectivity index (χ3n) is 5.45. The van der Waals surface area contributed by atoms with E-state index in [4.69, 9.17) is 4.98 Å². The molecule has 27 heavy (non-hydrogen) atoms. The quantitative estimate of drug-likeness (QED) is 0.783. The van der Waals surface area contributed by atoms with Gasteiger partial charge in [-0.05, 0) is 20.8 Å². The Hall–Kier alpha value is -1.38. The molecule has 2 aromatic rings. The second kappa shape index (κ2) is 7.93. The molecule has 2 aliphatic heterocycles. The molecular weight excluding hydrogens is 378 g/mol. The predicted molar refractivity (Wildman–Crippen MR) is 114 cm³/mol. The highest BCUT2D eigenvalue weighted by molar-refractivity contribution is 7.99. The van der Waals surface area contributed by atoms with Crippen LogP contribution in [-0.2, 0) is 0 Å². The van der Waals surface area contributed by atoms with E-state index in [1.54, 1.807) is 11.3 Å². The fourth-order valence-electron chi connectivity index (χ4n) is 3.77. The molecule has 4 heterocycles. The Labute approximate surface area is 168 Å². The van der Waals surface area contributed by atoms with E-state index in [0.29, 0.717) is 11.9 Å². The molecule has 146 valence electrons. The summed E-state index contributed by atoms with van der Waals surface area (Å²) in [5, 5.41) is 3.18. The minimum atomic E-state index is -0.0307. The Bertz CT molecular complexity index is 823. The summed E-state index contributed by atoms with van der Waals surface area (Å²) in [5.74, 6) is 3.48. The van der Waals surface area contributed by atoms with Crippen LogP contribution in [0.25, 0.3) is 10.9 Å². The maximum absolute atomic E-state index is 13.1. The Morgan fingerprint density at radius 1 is 1.07 bits per heavy atom. The molecule has 0 saturated carbocycles. The minimum Gasteiger partial charge on any atom is -0.354 e. The van der Waals surface area contributed by atoms with Gasteiger partial charge in [0.15, 0.2) is 0 Å². The van der Waals surface area contributed by atoms with Gasteiger partial charge in [-0.25, -0.2) is 9.97 Å². The molecule has 2 fully saturated rings. The van der Waals surface area contributed by atoms with Crippen molar-refractivity contribution in [1.82, 2.24) is 19.8 Å². The molecule has 0 bridgehead atoms. The van der Waals surface area contributed by atoms with Crippen LogP contribution in [0.3, 0.4) is 0 Å². The molecule has 0 N–H and O–H groups in total. The summed E-state index contributed by atoms with van der Waals surface area (Å²) in [5.41, 5.74) is 0.907. The standard InChI is InChI=1S/C19H27N5OS2/c1-13(2)22-4-6-24(7-5-22)19(25)17-20-15-12-27-14(3)16(15)18(21-17)23-8-10-26-11-9-23/h12-13H,4-11H2,1-3H3. The Kier molecular flexibility index (Phi) is 5.57. The zero-order valence-electron chi connectivity index (χ0n) is 16.3. The van der Waals surface area contributed by atoms with E-state index in [2.05, 4.69) is 40.9 Å². The topological polar surface area (TPSA) is 52.6 Å². The smallest absolute Gasteiger partial charge is 0.291 e. The van der Waals surface area contributed by atoms with Crippen molar-refractivity contribution in [3.05, 3.63) is 16.1 Å². The highest BCUT2D eigenvalue weighted by Crippen LogP contribution is 2.32. The second-order valence-electron chi connectivity index (χ2n) is 7.44. The van der Waals surface area contributed by atoms with E-state index in [-0.39, 0.29) is 5.91 Å². The van der Waals surface area contributed by atoms with E-state index in [1.807, 2.05) is 16.7 Å². The Morgan fingerprint density at radius 3 is 2.44 bits per heavy atom. The van der Waals surface area contributed by atoms with Gasteiger partial charge in [0.1, 0.15) is 5.82 Å². The number of aryl methyl sites for hydroxylation is 1. The monoisotopic (exact) mass is 405 g/mol. The van der Waals surface area contributed by atoms with Crippen molar-refractivity contribution in [1.29, 1.82) is 0 Å². The van der Waals surface area contributed by atoms with Gasteiger partial charge in [0.05, 0.1) is 10.9 Å². The maximum Gasteiger partial charge on any atom is 0.291 e. The summed E-state index contributed by atoms with van der Waals surface area (Å²) in [6, 6.07) is 0.521. The first-order valence-corrected chi connectivity index (χ1v) is 11.7. The van der Waals surface area contributed by atoms with Crippen LogP contribution in [0.2, 0.25) is 0 Å². The largest absolute Gasteiger partial charge is 0.354 e. The number of amides is 1. The van der Waals surface area contributed by atoms with E-state index < -0.39 is 0 Å². The van der Waals surface area contributed by atoms with Crippen LogP contribution in [0, 0.1) is 6.92 Å². The van der Waals surface area contributed by atoms with Crippen molar-refractivity contribution in [2.75, 3.05) is 55.7 Å². The SMILES string of the molecule is Cc1scc2nc(C(=O)N3CCN(C(C)C)CC3)nc(N3CCSCC3)c12. The van der Waals surface area contributed by atoms with Crippen LogP contribution < -0.4 is 4.90 Å². The van der Waals surface area contributed by atoms with Gasteiger partial charge in [0, 0.05) is 67.1 Å². The van der Waals surface area contributed by atoms with Crippen molar-refractivity contribution in [3.63, 3.8) is 0 Å². The number of aromatic nitrogens is 2. The summed E-state index contributed by atoms with van der Waals surface area (Å²) in [7, 11) is 0. The van der Waals surface area contributed by atoms with E-state index in [1.165, 1.54) is 4.88 Å². The molecule has 0 aromatic carbocycles. The average Bonchev–Trinajstić information content (AvgIpc) is 3.08. The molecule has 0 radical (unpaired) electrons. The van der Waals surface area contributed by atoms with Crippen molar-refractivity contribution in [2.45, 2.75) is 26.8 Å². The highest BCUT2D eigenvalue weighted by atomic mass is 32.2. The highest BCUT2D eigenvalue weighted by Gasteiger charge is 2.27. The summed E-state index contributed by atoms with van der Waals surface area (Å²) in [6.07, 6.45) is 0. The number of hydrogen-bond donors (Lipinski definition) is 0. The lowest BCUT2D eigenvalue weighted by Crippen LogP contribution is -2.51.